The fourth-order valence-electron chi connectivity index (χ4n) is 4.33. The van der Waals surface area contributed by atoms with Gasteiger partial charge in [0, 0.05) is 0 Å². The molecule has 146 valence electrons. The molecule has 1 saturated carbocycles. The minimum absolute atomic E-state index is 0.242. The van der Waals surface area contributed by atoms with Crippen molar-refractivity contribution in [2.45, 2.75) is 110 Å². The summed E-state index contributed by atoms with van der Waals surface area (Å²) in [5.74, 6) is 0.369. The first-order valence-corrected chi connectivity index (χ1v) is 13.0. The highest BCUT2D eigenvalue weighted by Crippen LogP contribution is 2.43. The number of hydrogen-bond donors (Lipinski definition) is 1. The SMILES string of the molecule is C=C[C@@]1(O[Si](CC)(CC)CC)CCCCC[C@@H]1CC(O)C(C)=C(C)C. The summed E-state index contributed by atoms with van der Waals surface area (Å²) in [6, 6.07) is 3.49. The molecule has 1 rings (SSSR count). The minimum atomic E-state index is -1.73. The van der Waals surface area contributed by atoms with E-state index in [1.807, 2.05) is 0 Å². The van der Waals surface area contributed by atoms with Crippen LogP contribution in [0.3, 0.4) is 0 Å². The smallest absolute Gasteiger partial charge is 0.193 e. The van der Waals surface area contributed by atoms with Crippen LogP contribution in [0.5, 0.6) is 0 Å². The van der Waals surface area contributed by atoms with Gasteiger partial charge in [-0.05, 0) is 69.7 Å². The second-order valence-electron chi connectivity index (χ2n) is 8.24. The second-order valence-corrected chi connectivity index (χ2v) is 12.9. The van der Waals surface area contributed by atoms with Crippen molar-refractivity contribution < 1.29 is 9.53 Å². The molecule has 1 aliphatic rings. The molecule has 1 unspecified atom stereocenters. The first-order valence-electron chi connectivity index (χ1n) is 10.5. The van der Waals surface area contributed by atoms with Gasteiger partial charge in [0.15, 0.2) is 8.32 Å². The van der Waals surface area contributed by atoms with Crippen molar-refractivity contribution in [3.8, 4) is 0 Å². The summed E-state index contributed by atoms with van der Waals surface area (Å²) in [7, 11) is -1.73. The van der Waals surface area contributed by atoms with Crippen molar-refractivity contribution >= 4 is 8.32 Å². The predicted molar refractivity (Wildman–Crippen MR) is 112 cm³/mol. The molecule has 0 spiro atoms. The Hall–Kier alpha value is -0.383. The molecule has 1 N–H and O–H groups in total. The highest BCUT2D eigenvalue weighted by molar-refractivity contribution is 6.73. The van der Waals surface area contributed by atoms with Crippen LogP contribution in [0.25, 0.3) is 0 Å². The minimum Gasteiger partial charge on any atom is -0.408 e. The molecule has 25 heavy (non-hydrogen) atoms. The second kappa shape index (κ2) is 10.1. The molecule has 1 fully saturated rings. The van der Waals surface area contributed by atoms with Gasteiger partial charge < -0.3 is 9.53 Å². The average molecular weight is 367 g/mol. The van der Waals surface area contributed by atoms with Crippen molar-refractivity contribution in [1.82, 2.24) is 0 Å². The third kappa shape index (κ3) is 5.54. The quantitative estimate of drug-likeness (QED) is 0.282. The molecule has 0 bridgehead atoms. The van der Waals surface area contributed by atoms with Crippen LogP contribution in [-0.2, 0) is 4.43 Å². The maximum Gasteiger partial charge on any atom is 0.193 e. The summed E-state index contributed by atoms with van der Waals surface area (Å²) in [6.07, 6.45) is 8.46. The molecule has 0 radical (unpaired) electrons. The van der Waals surface area contributed by atoms with Crippen LogP contribution >= 0.6 is 0 Å². The molecule has 2 nitrogen and oxygen atoms in total. The molecule has 0 aliphatic heterocycles. The largest absolute Gasteiger partial charge is 0.408 e. The summed E-state index contributed by atoms with van der Waals surface area (Å²) >= 11 is 0. The summed E-state index contributed by atoms with van der Waals surface area (Å²) in [5, 5.41) is 10.8. The van der Waals surface area contributed by atoms with Gasteiger partial charge in [-0.1, -0.05) is 51.7 Å². The normalized spacial score (nSPS) is 26.0. The lowest BCUT2D eigenvalue weighted by Crippen LogP contribution is -2.50. The molecule has 0 aromatic rings. The monoisotopic (exact) mass is 366 g/mol. The Morgan fingerprint density at radius 1 is 1.16 bits per heavy atom. The van der Waals surface area contributed by atoms with Gasteiger partial charge in [-0.2, -0.15) is 0 Å². The maximum atomic E-state index is 10.8. The van der Waals surface area contributed by atoms with Crippen LogP contribution < -0.4 is 0 Å². The molecule has 0 aromatic carbocycles. The van der Waals surface area contributed by atoms with Gasteiger partial charge in [0.1, 0.15) is 0 Å². The average Bonchev–Trinajstić information content (AvgIpc) is 2.81. The van der Waals surface area contributed by atoms with Gasteiger partial charge in [0.25, 0.3) is 0 Å². The Morgan fingerprint density at radius 2 is 1.76 bits per heavy atom. The van der Waals surface area contributed by atoms with Gasteiger partial charge in [-0.3, -0.25) is 0 Å². The summed E-state index contributed by atoms with van der Waals surface area (Å²) in [4.78, 5) is 0. The van der Waals surface area contributed by atoms with Crippen molar-refractivity contribution in [2.24, 2.45) is 5.92 Å². The van der Waals surface area contributed by atoms with Gasteiger partial charge in [-0.15, -0.1) is 6.58 Å². The van der Waals surface area contributed by atoms with E-state index in [2.05, 4.69) is 54.2 Å². The first kappa shape index (κ1) is 22.7. The zero-order valence-electron chi connectivity index (χ0n) is 17.7. The molecule has 0 saturated heterocycles. The molecule has 3 heteroatoms. The zero-order valence-corrected chi connectivity index (χ0v) is 18.7. The highest BCUT2D eigenvalue weighted by atomic mass is 28.4. The fourth-order valence-corrected chi connectivity index (χ4v) is 7.42. The van der Waals surface area contributed by atoms with E-state index >= 15 is 0 Å². The zero-order chi connectivity index (χ0) is 19.1. The Bertz CT molecular complexity index is 441. The lowest BCUT2D eigenvalue weighted by Gasteiger charge is -2.45. The van der Waals surface area contributed by atoms with Crippen LogP contribution in [0.15, 0.2) is 23.8 Å². The lowest BCUT2D eigenvalue weighted by molar-refractivity contribution is 0.0144. The van der Waals surface area contributed by atoms with Gasteiger partial charge in [0.2, 0.25) is 0 Å². The fraction of sp³-hybridized carbons (Fsp3) is 0.818. The van der Waals surface area contributed by atoms with Gasteiger partial charge >= 0.3 is 0 Å². The van der Waals surface area contributed by atoms with E-state index in [0.29, 0.717) is 5.92 Å². The Balaban J connectivity index is 3.16. The van der Waals surface area contributed by atoms with Crippen molar-refractivity contribution in [2.75, 3.05) is 0 Å². The Kier molecular flexibility index (Phi) is 9.14. The summed E-state index contributed by atoms with van der Waals surface area (Å²) in [5.41, 5.74) is 2.10. The molecule has 1 aliphatic carbocycles. The Morgan fingerprint density at radius 3 is 2.24 bits per heavy atom. The lowest BCUT2D eigenvalue weighted by atomic mass is 9.78. The first-order chi connectivity index (χ1) is 11.8. The predicted octanol–water partition coefficient (Wildman–Crippen LogP) is 6.62. The number of hydrogen-bond acceptors (Lipinski definition) is 2. The van der Waals surface area contributed by atoms with Crippen LogP contribution in [0.1, 0.15) is 80.1 Å². The topological polar surface area (TPSA) is 29.5 Å². The summed E-state index contributed by atoms with van der Waals surface area (Å²) < 4.78 is 7.09. The van der Waals surface area contributed by atoms with Crippen molar-refractivity contribution in [3.05, 3.63) is 23.8 Å². The number of aliphatic hydroxyl groups is 1. The third-order valence-electron chi connectivity index (χ3n) is 6.79. The molecular formula is C22H42O2Si. The maximum absolute atomic E-state index is 10.8. The van der Waals surface area contributed by atoms with Crippen molar-refractivity contribution in [3.63, 3.8) is 0 Å². The van der Waals surface area contributed by atoms with Crippen LogP contribution in [0.4, 0.5) is 0 Å². The molecule has 0 amide bonds. The van der Waals surface area contributed by atoms with Crippen LogP contribution in [0.2, 0.25) is 18.1 Å². The summed E-state index contributed by atoms with van der Waals surface area (Å²) in [6.45, 7) is 17.4. The number of aliphatic hydroxyl groups excluding tert-OH is 1. The van der Waals surface area contributed by atoms with E-state index in [0.717, 1.165) is 43.0 Å². The standard InChI is InChI=1S/C22H42O2Si/c1-8-22(24-25(9-2,10-3)11-4)16-14-12-13-15-20(22)17-21(23)19(7)18(5)6/h8,20-21,23H,1,9-17H2,2-7H3/t20-,21?,22-/m1/s1. The van der Waals surface area contributed by atoms with E-state index in [1.165, 1.54) is 24.8 Å². The van der Waals surface area contributed by atoms with Gasteiger partial charge in [-0.25, -0.2) is 0 Å². The molecular weight excluding hydrogens is 324 g/mol. The van der Waals surface area contributed by atoms with E-state index < -0.39 is 8.32 Å². The van der Waals surface area contributed by atoms with Crippen LogP contribution in [0, 0.1) is 5.92 Å². The third-order valence-corrected chi connectivity index (χ3v) is 11.5. The van der Waals surface area contributed by atoms with E-state index in [-0.39, 0.29) is 11.7 Å². The van der Waals surface area contributed by atoms with Crippen molar-refractivity contribution in [1.29, 1.82) is 0 Å². The highest BCUT2D eigenvalue weighted by Gasteiger charge is 2.44. The molecule has 0 heterocycles. The van der Waals surface area contributed by atoms with Gasteiger partial charge in [0.05, 0.1) is 11.7 Å². The van der Waals surface area contributed by atoms with E-state index in [1.54, 1.807) is 0 Å². The van der Waals surface area contributed by atoms with Crippen LogP contribution in [-0.4, -0.2) is 25.1 Å². The van der Waals surface area contributed by atoms with E-state index in [4.69, 9.17) is 4.43 Å². The molecule has 3 atom stereocenters. The number of allylic oxidation sites excluding steroid dienone is 1. The van der Waals surface area contributed by atoms with E-state index in [9.17, 15) is 5.11 Å². The number of rotatable bonds is 9. The Labute approximate surface area is 157 Å². The molecule has 0 aromatic heterocycles.